The summed E-state index contributed by atoms with van der Waals surface area (Å²) in [6, 6.07) is 4.61. The lowest BCUT2D eigenvalue weighted by Gasteiger charge is -2.10. The molecule has 2 aromatic rings. The summed E-state index contributed by atoms with van der Waals surface area (Å²) in [5.41, 5.74) is 0.761. The summed E-state index contributed by atoms with van der Waals surface area (Å²) in [4.78, 5) is 11.7. The predicted octanol–water partition coefficient (Wildman–Crippen LogP) is 0.761. The van der Waals surface area contributed by atoms with Crippen LogP contribution in [0.4, 0.5) is 0 Å². The molecule has 2 aromatic heterocycles. The molecule has 2 rings (SSSR count). The quantitative estimate of drug-likeness (QED) is 0.778. The van der Waals surface area contributed by atoms with Gasteiger partial charge in [0.1, 0.15) is 4.90 Å². The summed E-state index contributed by atoms with van der Waals surface area (Å²) < 4.78 is 31.3. The lowest BCUT2D eigenvalue weighted by molar-refractivity contribution is 0.0519. The van der Waals surface area contributed by atoms with Crippen molar-refractivity contribution in [3.05, 3.63) is 30.1 Å². The van der Waals surface area contributed by atoms with Crippen molar-refractivity contribution < 1.29 is 17.9 Å². The molecule has 0 aliphatic heterocycles. The van der Waals surface area contributed by atoms with E-state index in [1.165, 1.54) is 30.9 Å². The molecule has 0 aromatic carbocycles. The van der Waals surface area contributed by atoms with E-state index in [0.717, 1.165) is 4.31 Å². The van der Waals surface area contributed by atoms with Gasteiger partial charge in [0.2, 0.25) is 10.0 Å². The lowest BCUT2D eigenvalue weighted by Crippen LogP contribution is -2.22. The van der Waals surface area contributed by atoms with Crippen LogP contribution in [0.15, 0.2) is 29.3 Å². The number of hydrogen-bond acceptors (Lipinski definition) is 5. The maximum absolute atomic E-state index is 12.0. The molecule has 0 spiro atoms. The van der Waals surface area contributed by atoms with E-state index >= 15 is 0 Å². The number of aromatic nitrogens is 2. The molecule has 0 amide bonds. The van der Waals surface area contributed by atoms with Crippen LogP contribution in [-0.2, 0) is 14.8 Å². The van der Waals surface area contributed by atoms with Gasteiger partial charge < -0.3 is 4.74 Å². The third-order valence-electron chi connectivity index (χ3n) is 2.70. The Morgan fingerprint density at radius 2 is 2.10 bits per heavy atom. The predicted molar refractivity (Wildman–Crippen MR) is 72.0 cm³/mol. The van der Waals surface area contributed by atoms with E-state index in [1.54, 1.807) is 19.1 Å². The van der Waals surface area contributed by atoms with Crippen molar-refractivity contribution in [3.63, 3.8) is 0 Å². The third kappa shape index (κ3) is 2.52. The fourth-order valence-corrected chi connectivity index (χ4v) is 2.53. The Balaban J connectivity index is 2.48. The van der Waals surface area contributed by atoms with Crippen LogP contribution in [0.3, 0.4) is 0 Å². The first-order valence-electron chi connectivity index (χ1n) is 5.95. The molecule has 0 saturated heterocycles. The number of nitrogens with zero attached hydrogens (tertiary/aromatic N) is 3. The second-order valence-electron chi connectivity index (χ2n) is 4.27. The van der Waals surface area contributed by atoms with Gasteiger partial charge in [-0.2, -0.15) is 5.10 Å². The van der Waals surface area contributed by atoms with Crippen molar-refractivity contribution in [2.75, 3.05) is 20.7 Å². The number of carbonyl (C=O) groups is 1. The van der Waals surface area contributed by atoms with Crippen LogP contribution in [0, 0.1) is 0 Å². The topological polar surface area (TPSA) is 81.0 Å². The highest BCUT2D eigenvalue weighted by atomic mass is 32.2. The van der Waals surface area contributed by atoms with Gasteiger partial charge in [0, 0.05) is 20.3 Å². The highest BCUT2D eigenvalue weighted by molar-refractivity contribution is 7.89. The van der Waals surface area contributed by atoms with Gasteiger partial charge in [0.15, 0.2) is 5.69 Å². The standard InChI is InChI=1S/C12H15N3O4S/c1-4-19-12(16)11-7-9-5-6-10(8-15(9)13-11)20(17,18)14(2)3/h5-8H,4H2,1-3H3. The summed E-state index contributed by atoms with van der Waals surface area (Å²) in [5.74, 6) is -0.534. The van der Waals surface area contributed by atoms with E-state index in [2.05, 4.69) is 5.10 Å². The van der Waals surface area contributed by atoms with Gasteiger partial charge in [-0.1, -0.05) is 0 Å². The molecule has 0 atom stereocenters. The number of carbonyl (C=O) groups excluding carboxylic acids is 1. The molecule has 0 unspecified atom stereocenters. The largest absolute Gasteiger partial charge is 0.461 e. The number of pyridine rings is 1. The first kappa shape index (κ1) is 14.5. The summed E-state index contributed by atoms with van der Waals surface area (Å²) in [5, 5.41) is 4.02. The van der Waals surface area contributed by atoms with Crippen molar-refractivity contribution in [2.24, 2.45) is 0 Å². The molecule has 0 aliphatic carbocycles. The summed E-state index contributed by atoms with van der Waals surface area (Å²) in [6.07, 6.45) is 1.37. The van der Waals surface area contributed by atoms with Gasteiger partial charge >= 0.3 is 5.97 Å². The molecule has 0 N–H and O–H groups in total. The third-order valence-corrected chi connectivity index (χ3v) is 4.49. The van der Waals surface area contributed by atoms with Gasteiger partial charge in [-0.3, -0.25) is 0 Å². The van der Waals surface area contributed by atoms with Crippen LogP contribution in [0.2, 0.25) is 0 Å². The molecule has 0 fully saturated rings. The number of esters is 1. The highest BCUT2D eigenvalue weighted by Gasteiger charge is 2.19. The Labute approximate surface area is 116 Å². The van der Waals surface area contributed by atoms with Gasteiger partial charge in [-0.15, -0.1) is 0 Å². The lowest BCUT2D eigenvalue weighted by atomic mass is 10.3. The maximum atomic E-state index is 12.0. The summed E-state index contributed by atoms with van der Waals surface area (Å²) in [6.45, 7) is 1.96. The van der Waals surface area contributed by atoms with Gasteiger partial charge in [0.25, 0.3) is 0 Å². The summed E-state index contributed by atoms with van der Waals surface area (Å²) in [7, 11) is -0.631. The number of rotatable bonds is 4. The van der Waals surface area contributed by atoms with E-state index in [1.807, 2.05) is 0 Å². The zero-order valence-electron chi connectivity index (χ0n) is 11.4. The highest BCUT2D eigenvalue weighted by Crippen LogP contribution is 2.15. The zero-order valence-corrected chi connectivity index (χ0v) is 12.2. The van der Waals surface area contributed by atoms with Crippen molar-refractivity contribution in [2.45, 2.75) is 11.8 Å². The molecule has 0 radical (unpaired) electrons. The van der Waals surface area contributed by atoms with Gasteiger partial charge in [-0.25, -0.2) is 22.0 Å². The number of ether oxygens (including phenoxy) is 1. The monoisotopic (exact) mass is 297 g/mol. The first-order chi connectivity index (χ1) is 9.36. The van der Waals surface area contributed by atoms with Crippen molar-refractivity contribution >= 4 is 21.5 Å². The average Bonchev–Trinajstić information content (AvgIpc) is 2.81. The molecule has 0 bridgehead atoms. The maximum Gasteiger partial charge on any atom is 0.358 e. The van der Waals surface area contributed by atoms with Crippen LogP contribution in [0.25, 0.3) is 5.52 Å². The first-order valence-corrected chi connectivity index (χ1v) is 7.39. The van der Waals surface area contributed by atoms with Crippen LogP contribution in [-0.4, -0.2) is 49.0 Å². The summed E-state index contributed by atoms with van der Waals surface area (Å²) >= 11 is 0. The Morgan fingerprint density at radius 1 is 1.40 bits per heavy atom. The van der Waals surface area contributed by atoms with E-state index in [0.29, 0.717) is 5.52 Å². The van der Waals surface area contributed by atoms with Gasteiger partial charge in [0.05, 0.1) is 12.1 Å². The Hall–Kier alpha value is -1.93. The molecule has 108 valence electrons. The molecule has 20 heavy (non-hydrogen) atoms. The second-order valence-corrected chi connectivity index (χ2v) is 6.42. The molecule has 2 heterocycles. The minimum atomic E-state index is -3.53. The van der Waals surface area contributed by atoms with E-state index in [4.69, 9.17) is 4.74 Å². The molecule has 0 aliphatic rings. The molecule has 0 saturated carbocycles. The average molecular weight is 297 g/mol. The van der Waals surface area contributed by atoms with E-state index in [9.17, 15) is 13.2 Å². The fourth-order valence-electron chi connectivity index (χ4n) is 1.64. The van der Waals surface area contributed by atoms with Crippen molar-refractivity contribution in [1.29, 1.82) is 0 Å². The van der Waals surface area contributed by atoms with E-state index < -0.39 is 16.0 Å². The van der Waals surface area contributed by atoms with Crippen molar-refractivity contribution in [3.8, 4) is 0 Å². The minimum absolute atomic E-state index is 0.105. The Bertz CT molecular complexity index is 749. The van der Waals surface area contributed by atoms with Crippen LogP contribution < -0.4 is 0 Å². The Morgan fingerprint density at radius 3 is 2.70 bits per heavy atom. The number of fused-ring (bicyclic) bond motifs is 1. The second kappa shape index (κ2) is 5.22. The number of sulfonamides is 1. The SMILES string of the molecule is CCOC(=O)c1cc2ccc(S(=O)(=O)N(C)C)cn2n1. The molecule has 8 heteroatoms. The van der Waals surface area contributed by atoms with Crippen LogP contribution in [0.5, 0.6) is 0 Å². The molecular weight excluding hydrogens is 282 g/mol. The molecular formula is C12H15N3O4S. The van der Waals surface area contributed by atoms with Gasteiger partial charge in [-0.05, 0) is 25.1 Å². The molecule has 7 nitrogen and oxygen atoms in total. The Kier molecular flexibility index (Phi) is 3.78. The normalized spacial score (nSPS) is 12.0. The smallest absolute Gasteiger partial charge is 0.358 e. The van der Waals surface area contributed by atoms with Crippen LogP contribution in [0.1, 0.15) is 17.4 Å². The minimum Gasteiger partial charge on any atom is -0.461 e. The van der Waals surface area contributed by atoms with E-state index in [-0.39, 0.29) is 17.2 Å². The fraction of sp³-hybridized carbons (Fsp3) is 0.333. The zero-order chi connectivity index (χ0) is 14.9. The number of hydrogen-bond donors (Lipinski definition) is 0. The van der Waals surface area contributed by atoms with Crippen molar-refractivity contribution in [1.82, 2.24) is 13.9 Å². The van der Waals surface area contributed by atoms with Crippen LogP contribution >= 0.6 is 0 Å².